The third-order valence-corrected chi connectivity index (χ3v) is 3.95. The third-order valence-electron chi connectivity index (χ3n) is 3.95. The minimum atomic E-state index is 0.472. The lowest BCUT2D eigenvalue weighted by Gasteiger charge is -2.18. The Morgan fingerprint density at radius 3 is 2.84 bits per heavy atom. The number of nitriles is 1. The van der Waals surface area contributed by atoms with Gasteiger partial charge in [0.15, 0.2) is 0 Å². The van der Waals surface area contributed by atoms with Gasteiger partial charge in [0.25, 0.3) is 0 Å². The van der Waals surface area contributed by atoms with Gasteiger partial charge in [-0.1, -0.05) is 19.9 Å². The zero-order chi connectivity index (χ0) is 13.9. The quantitative estimate of drug-likeness (QED) is 0.901. The Hall–Kier alpha value is -1.53. The first-order chi connectivity index (χ1) is 9.04. The molecule has 1 N–H and O–H groups in total. The number of hydrogen-bond acceptors (Lipinski definition) is 3. The molecule has 0 aromatic heterocycles. The van der Waals surface area contributed by atoms with Crippen molar-refractivity contribution < 1.29 is 4.74 Å². The monoisotopic (exact) mass is 258 g/mol. The van der Waals surface area contributed by atoms with E-state index in [2.05, 4.69) is 25.2 Å². The molecule has 102 valence electrons. The van der Waals surface area contributed by atoms with Crippen LogP contribution in [0.3, 0.4) is 0 Å². The molecule has 1 saturated carbocycles. The van der Waals surface area contributed by atoms with Crippen LogP contribution < -0.4 is 10.1 Å². The highest BCUT2D eigenvalue weighted by molar-refractivity contribution is 5.45. The van der Waals surface area contributed by atoms with Crippen molar-refractivity contribution in [2.24, 2.45) is 5.41 Å². The fourth-order valence-corrected chi connectivity index (χ4v) is 2.81. The number of ether oxygens (including phenoxy) is 1. The molecule has 0 aliphatic heterocycles. The second-order valence-corrected chi connectivity index (χ2v) is 6.13. The number of hydrogen-bond donors (Lipinski definition) is 1. The van der Waals surface area contributed by atoms with Gasteiger partial charge in [-0.05, 0) is 42.4 Å². The lowest BCUT2D eigenvalue weighted by atomic mass is 9.92. The molecule has 2 rings (SSSR count). The summed E-state index contributed by atoms with van der Waals surface area (Å²) in [5.74, 6) is 0.661. The molecule has 0 spiro atoms. The maximum absolute atomic E-state index is 8.95. The largest absolute Gasteiger partial charge is 0.495 e. The van der Waals surface area contributed by atoms with E-state index in [1.807, 2.05) is 18.2 Å². The fourth-order valence-electron chi connectivity index (χ4n) is 2.81. The van der Waals surface area contributed by atoms with E-state index in [9.17, 15) is 0 Å². The summed E-state index contributed by atoms with van der Waals surface area (Å²) in [5, 5.41) is 12.6. The summed E-state index contributed by atoms with van der Waals surface area (Å²) < 4.78 is 5.23. The number of methoxy groups -OCH3 is 1. The van der Waals surface area contributed by atoms with Gasteiger partial charge >= 0.3 is 0 Å². The van der Waals surface area contributed by atoms with Gasteiger partial charge in [-0.15, -0.1) is 0 Å². The number of nitrogens with zero attached hydrogens (tertiary/aromatic N) is 1. The molecule has 19 heavy (non-hydrogen) atoms. The van der Waals surface area contributed by atoms with E-state index in [0.717, 1.165) is 6.54 Å². The normalized spacial score (nSPS) is 21.1. The Bertz CT molecular complexity index is 488. The average molecular weight is 258 g/mol. The van der Waals surface area contributed by atoms with Crippen LogP contribution in [0, 0.1) is 16.7 Å². The van der Waals surface area contributed by atoms with Gasteiger partial charge in [-0.25, -0.2) is 0 Å². The third kappa shape index (κ3) is 3.48. The van der Waals surface area contributed by atoms with Crippen LogP contribution in [0.15, 0.2) is 18.2 Å². The van der Waals surface area contributed by atoms with Crippen LogP contribution in [-0.2, 0) is 6.54 Å². The Balaban J connectivity index is 1.95. The molecule has 1 aromatic carbocycles. The molecule has 1 atom stereocenters. The molecule has 0 heterocycles. The first kappa shape index (κ1) is 13.9. The van der Waals surface area contributed by atoms with Gasteiger partial charge in [-0.3, -0.25) is 0 Å². The molecule has 0 saturated heterocycles. The van der Waals surface area contributed by atoms with E-state index in [-0.39, 0.29) is 0 Å². The van der Waals surface area contributed by atoms with Gasteiger partial charge < -0.3 is 10.1 Å². The fraction of sp³-hybridized carbons (Fsp3) is 0.562. The minimum absolute atomic E-state index is 0.472. The first-order valence-electron chi connectivity index (χ1n) is 6.84. The molecule has 1 fully saturated rings. The molecule has 0 radical (unpaired) electrons. The Morgan fingerprint density at radius 2 is 2.26 bits per heavy atom. The summed E-state index contributed by atoms with van der Waals surface area (Å²) in [5.41, 5.74) is 2.23. The van der Waals surface area contributed by atoms with Gasteiger partial charge in [0.1, 0.15) is 11.8 Å². The lowest BCUT2D eigenvalue weighted by Crippen LogP contribution is -2.26. The second-order valence-electron chi connectivity index (χ2n) is 6.13. The highest BCUT2D eigenvalue weighted by atomic mass is 16.5. The summed E-state index contributed by atoms with van der Waals surface area (Å²) in [7, 11) is 1.60. The van der Waals surface area contributed by atoms with Crippen molar-refractivity contribution in [2.45, 2.75) is 45.7 Å². The Labute approximate surface area is 115 Å². The minimum Gasteiger partial charge on any atom is -0.495 e. The summed E-state index contributed by atoms with van der Waals surface area (Å²) >= 11 is 0. The van der Waals surface area contributed by atoms with Crippen LogP contribution in [0.5, 0.6) is 5.75 Å². The second kappa shape index (κ2) is 5.63. The maximum Gasteiger partial charge on any atom is 0.136 e. The first-order valence-corrected chi connectivity index (χ1v) is 6.84. The average Bonchev–Trinajstić information content (AvgIpc) is 2.75. The summed E-state index contributed by atoms with van der Waals surface area (Å²) in [4.78, 5) is 0. The molecule has 1 aliphatic carbocycles. The zero-order valence-electron chi connectivity index (χ0n) is 12.0. The van der Waals surface area contributed by atoms with Crippen LogP contribution in [0.25, 0.3) is 0 Å². The molecule has 1 aliphatic rings. The molecule has 0 bridgehead atoms. The molecule has 3 heteroatoms. The van der Waals surface area contributed by atoms with Crippen molar-refractivity contribution in [2.75, 3.05) is 7.11 Å². The molecule has 1 aromatic rings. The molecular formula is C16H22N2O. The van der Waals surface area contributed by atoms with Crippen molar-refractivity contribution in [3.63, 3.8) is 0 Å². The van der Waals surface area contributed by atoms with Crippen molar-refractivity contribution in [3.8, 4) is 11.8 Å². The molecular weight excluding hydrogens is 236 g/mol. The van der Waals surface area contributed by atoms with Crippen LogP contribution in [0.1, 0.15) is 44.2 Å². The van der Waals surface area contributed by atoms with Crippen LogP contribution in [0.2, 0.25) is 0 Å². The molecule has 3 nitrogen and oxygen atoms in total. The number of rotatable bonds is 4. The number of benzene rings is 1. The summed E-state index contributed by atoms with van der Waals surface area (Å²) in [6.45, 7) is 5.50. The predicted molar refractivity (Wildman–Crippen MR) is 76.0 cm³/mol. The van der Waals surface area contributed by atoms with Crippen molar-refractivity contribution in [1.82, 2.24) is 5.32 Å². The smallest absolute Gasteiger partial charge is 0.136 e. The highest BCUT2D eigenvalue weighted by Gasteiger charge is 2.30. The van der Waals surface area contributed by atoms with Gasteiger partial charge in [0.2, 0.25) is 0 Å². The van der Waals surface area contributed by atoms with E-state index >= 15 is 0 Å². The van der Waals surface area contributed by atoms with Crippen molar-refractivity contribution in [1.29, 1.82) is 5.26 Å². The van der Waals surface area contributed by atoms with Gasteiger partial charge in [-0.2, -0.15) is 5.26 Å². The van der Waals surface area contributed by atoms with Crippen molar-refractivity contribution in [3.05, 3.63) is 29.3 Å². The molecule has 0 amide bonds. The molecule has 1 unspecified atom stereocenters. The van der Waals surface area contributed by atoms with Gasteiger partial charge in [0, 0.05) is 12.6 Å². The van der Waals surface area contributed by atoms with Crippen LogP contribution in [0.4, 0.5) is 0 Å². The van der Waals surface area contributed by atoms with E-state index in [4.69, 9.17) is 10.00 Å². The van der Waals surface area contributed by atoms with Crippen molar-refractivity contribution >= 4 is 0 Å². The SMILES string of the molecule is COc1cc(CNC2CCC(C)(C)C2)ccc1C#N. The van der Waals surface area contributed by atoms with E-state index in [1.54, 1.807) is 7.11 Å². The number of nitrogens with one attached hydrogen (secondary N) is 1. The van der Waals surface area contributed by atoms with Gasteiger partial charge in [0.05, 0.1) is 12.7 Å². The maximum atomic E-state index is 8.95. The standard InChI is InChI=1S/C16H22N2O/c1-16(2)7-6-14(9-16)18-11-12-4-5-13(10-17)15(8-12)19-3/h4-5,8,14,18H,6-7,9,11H2,1-3H3. The van der Waals surface area contributed by atoms with E-state index < -0.39 is 0 Å². The summed E-state index contributed by atoms with van der Waals surface area (Å²) in [6, 6.07) is 8.52. The zero-order valence-corrected chi connectivity index (χ0v) is 12.0. The topological polar surface area (TPSA) is 45.0 Å². The van der Waals surface area contributed by atoms with E-state index in [1.165, 1.54) is 24.8 Å². The highest BCUT2D eigenvalue weighted by Crippen LogP contribution is 2.37. The lowest BCUT2D eigenvalue weighted by molar-refractivity contribution is 0.364. The Morgan fingerprint density at radius 1 is 1.47 bits per heavy atom. The van der Waals surface area contributed by atoms with Crippen LogP contribution in [-0.4, -0.2) is 13.2 Å². The Kier molecular flexibility index (Phi) is 4.11. The van der Waals surface area contributed by atoms with Crippen LogP contribution >= 0.6 is 0 Å². The summed E-state index contributed by atoms with van der Waals surface area (Å²) in [6.07, 6.45) is 3.78. The van der Waals surface area contributed by atoms with E-state index in [0.29, 0.717) is 22.8 Å². The predicted octanol–water partition coefficient (Wildman–Crippen LogP) is 3.24.